The van der Waals surface area contributed by atoms with E-state index in [2.05, 4.69) is 21.4 Å². The molecule has 84 valence electrons. The average Bonchev–Trinajstić information content (AvgIpc) is 2.90. The van der Waals surface area contributed by atoms with E-state index in [0.29, 0.717) is 5.56 Å². The summed E-state index contributed by atoms with van der Waals surface area (Å²) in [4.78, 5) is 9.92. The molecular weight excluding hydrogens is 232 g/mol. The lowest BCUT2D eigenvalue weighted by atomic mass is 10.2. The van der Waals surface area contributed by atoms with Crippen molar-refractivity contribution in [3.05, 3.63) is 34.6 Å². The number of hydrogen-bond acceptors (Lipinski definition) is 5. The molecule has 0 spiro atoms. The number of anilines is 2. The standard InChI is InChI=1S/C12H10N4S/c13-6-8-4-5-14-7-10(8)16-12-15-9-2-1-3-11(9)17-12/h4-5,7H,1-3H2,(H,15,16). The third kappa shape index (κ3) is 1.87. The lowest BCUT2D eigenvalue weighted by Gasteiger charge is -2.03. The van der Waals surface area contributed by atoms with Gasteiger partial charge < -0.3 is 5.32 Å². The molecule has 2 aromatic rings. The summed E-state index contributed by atoms with van der Waals surface area (Å²) in [6.45, 7) is 0. The van der Waals surface area contributed by atoms with Crippen LogP contribution in [0.4, 0.5) is 10.8 Å². The normalized spacial score (nSPS) is 13.1. The predicted molar refractivity (Wildman–Crippen MR) is 66.4 cm³/mol. The molecule has 0 aliphatic heterocycles. The van der Waals surface area contributed by atoms with E-state index in [0.717, 1.165) is 23.7 Å². The quantitative estimate of drug-likeness (QED) is 0.879. The van der Waals surface area contributed by atoms with Crippen molar-refractivity contribution >= 4 is 22.2 Å². The second kappa shape index (κ2) is 4.15. The van der Waals surface area contributed by atoms with Crippen LogP contribution >= 0.6 is 11.3 Å². The third-order valence-corrected chi connectivity index (χ3v) is 3.85. The van der Waals surface area contributed by atoms with Crippen molar-refractivity contribution in [2.75, 3.05) is 5.32 Å². The first-order valence-corrected chi connectivity index (χ1v) is 6.28. The van der Waals surface area contributed by atoms with Gasteiger partial charge in [0.25, 0.3) is 0 Å². The molecule has 3 rings (SSSR count). The first kappa shape index (κ1) is 10.2. The molecule has 0 amide bonds. The van der Waals surface area contributed by atoms with Gasteiger partial charge in [0.05, 0.1) is 23.1 Å². The van der Waals surface area contributed by atoms with Crippen molar-refractivity contribution in [2.45, 2.75) is 19.3 Å². The Balaban J connectivity index is 1.89. The Labute approximate surface area is 103 Å². The molecule has 1 aliphatic rings. The van der Waals surface area contributed by atoms with Gasteiger partial charge in [-0.05, 0) is 25.3 Å². The first-order chi connectivity index (χ1) is 8.36. The molecule has 0 fully saturated rings. The summed E-state index contributed by atoms with van der Waals surface area (Å²) in [5.74, 6) is 0. The van der Waals surface area contributed by atoms with Gasteiger partial charge in [0.2, 0.25) is 0 Å². The van der Waals surface area contributed by atoms with Crippen LogP contribution in [0.1, 0.15) is 22.6 Å². The molecule has 0 saturated heterocycles. The second-order valence-electron chi connectivity index (χ2n) is 3.90. The molecule has 0 saturated carbocycles. The molecular formula is C12H10N4S. The van der Waals surface area contributed by atoms with Gasteiger partial charge >= 0.3 is 0 Å². The Morgan fingerprint density at radius 2 is 2.35 bits per heavy atom. The largest absolute Gasteiger partial charge is 0.329 e. The van der Waals surface area contributed by atoms with Gasteiger partial charge in [-0.2, -0.15) is 5.26 Å². The summed E-state index contributed by atoms with van der Waals surface area (Å²) in [5, 5.41) is 13.0. The molecule has 0 atom stereocenters. The van der Waals surface area contributed by atoms with E-state index in [1.807, 2.05) is 0 Å². The smallest absolute Gasteiger partial charge is 0.187 e. The van der Waals surface area contributed by atoms with Crippen LogP contribution in [0.2, 0.25) is 0 Å². The lowest BCUT2D eigenvalue weighted by molar-refractivity contribution is 0.900. The summed E-state index contributed by atoms with van der Waals surface area (Å²) in [5.41, 5.74) is 2.53. The maximum absolute atomic E-state index is 8.98. The van der Waals surface area contributed by atoms with Gasteiger partial charge in [0, 0.05) is 11.1 Å². The number of hydrogen-bond donors (Lipinski definition) is 1. The van der Waals surface area contributed by atoms with Crippen LogP contribution in [0.25, 0.3) is 0 Å². The maximum atomic E-state index is 8.98. The topological polar surface area (TPSA) is 61.6 Å². The molecule has 4 nitrogen and oxygen atoms in total. The Morgan fingerprint density at radius 1 is 1.41 bits per heavy atom. The molecule has 1 N–H and O–H groups in total. The van der Waals surface area contributed by atoms with Crippen LogP contribution in [0, 0.1) is 11.3 Å². The zero-order valence-corrected chi connectivity index (χ0v) is 9.92. The second-order valence-corrected chi connectivity index (χ2v) is 4.98. The van der Waals surface area contributed by atoms with E-state index in [1.54, 1.807) is 29.8 Å². The summed E-state index contributed by atoms with van der Waals surface area (Å²) in [7, 11) is 0. The van der Waals surface area contributed by atoms with Crippen LogP contribution in [-0.4, -0.2) is 9.97 Å². The van der Waals surface area contributed by atoms with Crippen molar-refractivity contribution < 1.29 is 0 Å². The molecule has 2 heterocycles. The van der Waals surface area contributed by atoms with Crippen LogP contribution in [0.3, 0.4) is 0 Å². The molecule has 0 radical (unpaired) electrons. The maximum Gasteiger partial charge on any atom is 0.187 e. The molecule has 1 aliphatic carbocycles. The van der Waals surface area contributed by atoms with E-state index in [-0.39, 0.29) is 0 Å². The van der Waals surface area contributed by atoms with Crippen molar-refractivity contribution in [3.63, 3.8) is 0 Å². The Bertz CT molecular complexity index is 575. The van der Waals surface area contributed by atoms with Gasteiger partial charge in [-0.3, -0.25) is 4.98 Å². The summed E-state index contributed by atoms with van der Waals surface area (Å²) in [6.07, 6.45) is 6.69. The highest BCUT2D eigenvalue weighted by atomic mass is 32.1. The Morgan fingerprint density at radius 3 is 3.18 bits per heavy atom. The SMILES string of the molecule is N#Cc1ccncc1Nc1nc2c(s1)CCC2. The third-order valence-electron chi connectivity index (χ3n) is 2.78. The van der Waals surface area contributed by atoms with E-state index in [4.69, 9.17) is 5.26 Å². The number of nitrogens with one attached hydrogen (secondary N) is 1. The molecule has 0 bridgehead atoms. The molecule has 17 heavy (non-hydrogen) atoms. The van der Waals surface area contributed by atoms with E-state index in [9.17, 15) is 0 Å². The number of rotatable bonds is 2. The summed E-state index contributed by atoms with van der Waals surface area (Å²) in [6, 6.07) is 3.84. The molecule has 2 aromatic heterocycles. The minimum absolute atomic E-state index is 0.593. The summed E-state index contributed by atoms with van der Waals surface area (Å²) >= 11 is 1.68. The molecule has 5 heteroatoms. The fourth-order valence-electron chi connectivity index (χ4n) is 1.95. The first-order valence-electron chi connectivity index (χ1n) is 5.46. The van der Waals surface area contributed by atoms with Crippen molar-refractivity contribution in [2.24, 2.45) is 0 Å². The van der Waals surface area contributed by atoms with Crippen LogP contribution < -0.4 is 5.32 Å². The molecule has 0 aromatic carbocycles. The number of nitriles is 1. The highest BCUT2D eigenvalue weighted by Crippen LogP contribution is 2.32. The highest BCUT2D eigenvalue weighted by Gasteiger charge is 2.17. The summed E-state index contributed by atoms with van der Waals surface area (Å²) < 4.78 is 0. The van der Waals surface area contributed by atoms with Crippen molar-refractivity contribution in [3.8, 4) is 6.07 Å². The van der Waals surface area contributed by atoms with Gasteiger partial charge in [-0.25, -0.2) is 4.98 Å². The number of nitrogens with zero attached hydrogens (tertiary/aromatic N) is 3. The van der Waals surface area contributed by atoms with Gasteiger partial charge in [0.15, 0.2) is 5.13 Å². The fraction of sp³-hybridized carbons (Fsp3) is 0.250. The lowest BCUT2D eigenvalue weighted by Crippen LogP contribution is -1.94. The minimum Gasteiger partial charge on any atom is -0.329 e. The van der Waals surface area contributed by atoms with E-state index < -0.39 is 0 Å². The van der Waals surface area contributed by atoms with Crippen LogP contribution in [0.5, 0.6) is 0 Å². The Hall–Kier alpha value is -1.93. The Kier molecular flexibility index (Phi) is 2.50. The monoisotopic (exact) mass is 242 g/mol. The number of aromatic nitrogens is 2. The van der Waals surface area contributed by atoms with Crippen LogP contribution in [-0.2, 0) is 12.8 Å². The molecule has 0 unspecified atom stereocenters. The number of thiazole rings is 1. The number of fused-ring (bicyclic) bond motifs is 1. The number of aryl methyl sites for hydroxylation is 2. The van der Waals surface area contributed by atoms with Gasteiger partial charge in [-0.1, -0.05) is 0 Å². The van der Waals surface area contributed by atoms with E-state index in [1.165, 1.54) is 17.0 Å². The average molecular weight is 242 g/mol. The van der Waals surface area contributed by atoms with E-state index >= 15 is 0 Å². The van der Waals surface area contributed by atoms with Crippen LogP contribution in [0.15, 0.2) is 18.5 Å². The minimum atomic E-state index is 0.593. The predicted octanol–water partition coefficient (Wildman–Crippen LogP) is 2.64. The number of pyridine rings is 1. The zero-order valence-electron chi connectivity index (χ0n) is 9.10. The van der Waals surface area contributed by atoms with Gasteiger partial charge in [-0.15, -0.1) is 11.3 Å². The highest BCUT2D eigenvalue weighted by molar-refractivity contribution is 7.15. The fourth-order valence-corrected chi connectivity index (χ4v) is 3.01. The van der Waals surface area contributed by atoms with Gasteiger partial charge in [0.1, 0.15) is 6.07 Å². The zero-order chi connectivity index (χ0) is 11.7. The van der Waals surface area contributed by atoms with Crippen molar-refractivity contribution in [1.29, 1.82) is 5.26 Å². The van der Waals surface area contributed by atoms with Crippen molar-refractivity contribution in [1.82, 2.24) is 9.97 Å².